The monoisotopic (exact) mass is 570 g/mol. The number of carbonyl (C=O) groups is 1. The van der Waals surface area contributed by atoms with Crippen LogP contribution < -0.4 is 4.74 Å². The zero-order valence-electron chi connectivity index (χ0n) is 26.6. The standard InChI is InChI=1S/C18H38.C13H18O3S2.C2H6/c1-6-7-8-12-17(4)14-10-15-18(5)13-9-11-16(2)3;1-4-10-9(3)12(16-6-13(14)15)5-8(2)11(10)7-18-17;1-2/h16-18H,6-15H2,1-5H3;5,17H,4,6-7H2,1-3H3,(H,14,15);1-2H3/t17-,18+;;/m0../s1. The van der Waals surface area contributed by atoms with E-state index in [1.165, 1.54) is 86.1 Å². The number of unbranched alkanes of at least 4 members (excludes halogenated alkanes) is 2. The van der Waals surface area contributed by atoms with E-state index in [0.717, 1.165) is 41.1 Å². The summed E-state index contributed by atoms with van der Waals surface area (Å²) in [4.78, 5) is 10.6. The summed E-state index contributed by atoms with van der Waals surface area (Å²) in [5.74, 6) is 3.35. The average Bonchev–Trinajstić information content (AvgIpc) is 2.87. The highest BCUT2D eigenvalue weighted by Gasteiger charge is 2.13. The molecule has 0 aromatic heterocycles. The van der Waals surface area contributed by atoms with Crippen LogP contribution >= 0.6 is 22.5 Å². The van der Waals surface area contributed by atoms with Crippen LogP contribution in [0.25, 0.3) is 0 Å². The summed E-state index contributed by atoms with van der Waals surface area (Å²) in [7, 11) is 1.49. The molecule has 5 heteroatoms. The number of hydrogen-bond donors (Lipinski definition) is 2. The van der Waals surface area contributed by atoms with Crippen molar-refractivity contribution < 1.29 is 14.6 Å². The minimum absolute atomic E-state index is 0.301. The van der Waals surface area contributed by atoms with Crippen molar-refractivity contribution in [3.63, 3.8) is 0 Å². The van der Waals surface area contributed by atoms with Gasteiger partial charge in [0.15, 0.2) is 6.61 Å². The summed E-state index contributed by atoms with van der Waals surface area (Å²) in [6, 6.07) is 1.91. The topological polar surface area (TPSA) is 46.5 Å². The third-order valence-electron chi connectivity index (χ3n) is 7.10. The van der Waals surface area contributed by atoms with E-state index < -0.39 is 5.97 Å². The normalized spacial score (nSPS) is 12.2. The molecule has 1 rings (SSSR count). The zero-order valence-corrected chi connectivity index (χ0v) is 28.3. The van der Waals surface area contributed by atoms with Gasteiger partial charge in [-0.2, -0.15) is 0 Å². The van der Waals surface area contributed by atoms with E-state index in [1.54, 1.807) is 0 Å². The fourth-order valence-corrected chi connectivity index (χ4v) is 5.68. The molecule has 0 bridgehead atoms. The average molecular weight is 571 g/mol. The molecule has 0 radical (unpaired) electrons. The van der Waals surface area contributed by atoms with Crippen LogP contribution in [0.2, 0.25) is 0 Å². The minimum atomic E-state index is -0.958. The number of carboxylic acid groups (broad SMARTS) is 1. The molecule has 0 aliphatic carbocycles. The van der Waals surface area contributed by atoms with Crippen molar-refractivity contribution in [3.05, 3.63) is 28.3 Å². The van der Waals surface area contributed by atoms with Crippen LogP contribution in [0.4, 0.5) is 0 Å². The van der Waals surface area contributed by atoms with Gasteiger partial charge in [-0.1, -0.05) is 130 Å². The lowest BCUT2D eigenvalue weighted by Gasteiger charge is -2.17. The van der Waals surface area contributed by atoms with Crippen molar-refractivity contribution in [3.8, 4) is 5.75 Å². The molecule has 3 nitrogen and oxygen atoms in total. The van der Waals surface area contributed by atoms with E-state index in [1.807, 2.05) is 33.8 Å². The molecule has 0 heterocycles. The molecule has 1 aromatic rings. The number of carboxylic acids is 1. The quantitative estimate of drug-likeness (QED) is 0.105. The van der Waals surface area contributed by atoms with E-state index in [2.05, 4.69) is 53.2 Å². The van der Waals surface area contributed by atoms with Crippen LogP contribution in [0, 0.1) is 31.6 Å². The molecule has 0 fully saturated rings. The van der Waals surface area contributed by atoms with Crippen molar-refractivity contribution >= 4 is 28.4 Å². The van der Waals surface area contributed by atoms with Gasteiger partial charge in [0.05, 0.1) is 0 Å². The Hall–Kier alpha value is -0.810. The van der Waals surface area contributed by atoms with Crippen LogP contribution in [0.3, 0.4) is 0 Å². The first-order valence-electron chi connectivity index (χ1n) is 15.3. The van der Waals surface area contributed by atoms with Crippen LogP contribution in [0.15, 0.2) is 6.07 Å². The minimum Gasteiger partial charge on any atom is -0.482 e. The van der Waals surface area contributed by atoms with Crippen molar-refractivity contribution in [2.24, 2.45) is 17.8 Å². The van der Waals surface area contributed by atoms with Gasteiger partial charge in [0.1, 0.15) is 5.75 Å². The lowest BCUT2D eigenvalue weighted by atomic mass is 9.92. The molecule has 1 N–H and O–H groups in total. The maximum Gasteiger partial charge on any atom is 0.341 e. The number of benzene rings is 1. The summed E-state index contributed by atoms with van der Waals surface area (Å²) in [5, 5.41) is 8.66. The van der Waals surface area contributed by atoms with Crippen LogP contribution in [0.1, 0.15) is 142 Å². The molecule has 0 aliphatic rings. The number of ether oxygens (including phenoxy) is 1. The molecule has 2 atom stereocenters. The number of aliphatic carboxylic acids is 1. The summed E-state index contributed by atoms with van der Waals surface area (Å²) in [5.41, 5.74) is 4.66. The van der Waals surface area contributed by atoms with Gasteiger partial charge in [0.25, 0.3) is 0 Å². The van der Waals surface area contributed by atoms with Gasteiger partial charge in [-0.3, -0.25) is 0 Å². The fraction of sp³-hybridized carbons (Fsp3) is 0.788. The molecule has 0 saturated heterocycles. The Kier molecular flexibility index (Phi) is 26.1. The molecule has 224 valence electrons. The number of hydrogen-bond acceptors (Lipinski definition) is 4. The first-order chi connectivity index (χ1) is 18.1. The predicted octanol–water partition coefficient (Wildman–Crippen LogP) is 11.3. The molecule has 0 spiro atoms. The summed E-state index contributed by atoms with van der Waals surface area (Å²) < 4.78 is 5.33. The predicted molar refractivity (Wildman–Crippen MR) is 175 cm³/mol. The Morgan fingerprint density at radius 2 is 1.42 bits per heavy atom. The second kappa shape index (κ2) is 25.2. The van der Waals surface area contributed by atoms with Crippen LogP contribution in [-0.4, -0.2) is 17.7 Å². The van der Waals surface area contributed by atoms with Crippen molar-refractivity contribution in [2.45, 2.75) is 146 Å². The van der Waals surface area contributed by atoms with E-state index in [9.17, 15) is 4.79 Å². The first kappa shape index (κ1) is 39.3. The molecule has 0 unspecified atom stereocenters. The summed E-state index contributed by atoms with van der Waals surface area (Å²) in [6.45, 7) is 21.6. The van der Waals surface area contributed by atoms with Crippen molar-refractivity contribution in [1.82, 2.24) is 0 Å². The van der Waals surface area contributed by atoms with Gasteiger partial charge >= 0.3 is 5.97 Å². The summed E-state index contributed by atoms with van der Waals surface area (Å²) in [6.07, 6.45) is 15.3. The molecule has 0 aliphatic heterocycles. The Bertz CT molecular complexity index is 719. The van der Waals surface area contributed by atoms with Gasteiger partial charge in [0, 0.05) is 5.75 Å². The fourth-order valence-electron chi connectivity index (χ4n) is 4.76. The summed E-state index contributed by atoms with van der Waals surface area (Å²) >= 11 is 4.20. The lowest BCUT2D eigenvalue weighted by Crippen LogP contribution is -2.11. The molecule has 38 heavy (non-hydrogen) atoms. The first-order valence-corrected chi connectivity index (χ1v) is 17.3. The zero-order chi connectivity index (χ0) is 29.5. The molecule has 1 aromatic carbocycles. The maximum absolute atomic E-state index is 10.6. The van der Waals surface area contributed by atoms with Gasteiger partial charge < -0.3 is 9.84 Å². The second-order valence-corrected chi connectivity index (χ2v) is 12.4. The third kappa shape index (κ3) is 19.3. The number of aryl methyl sites for hydroxylation is 1. The van der Waals surface area contributed by atoms with Gasteiger partial charge in [-0.15, -0.1) is 11.7 Å². The third-order valence-corrected chi connectivity index (χ3v) is 7.90. The van der Waals surface area contributed by atoms with E-state index >= 15 is 0 Å². The smallest absolute Gasteiger partial charge is 0.341 e. The lowest BCUT2D eigenvalue weighted by molar-refractivity contribution is -0.139. The highest BCUT2D eigenvalue weighted by Crippen LogP contribution is 2.32. The molecule has 0 saturated carbocycles. The van der Waals surface area contributed by atoms with E-state index in [0.29, 0.717) is 5.75 Å². The second-order valence-electron chi connectivity index (χ2n) is 11.0. The Balaban J connectivity index is 0. The Labute approximate surface area is 246 Å². The van der Waals surface area contributed by atoms with Crippen LogP contribution in [-0.2, 0) is 17.0 Å². The Morgan fingerprint density at radius 1 is 0.895 bits per heavy atom. The molecular weight excluding hydrogens is 508 g/mol. The van der Waals surface area contributed by atoms with Gasteiger partial charge in [-0.05, 0) is 66.3 Å². The number of rotatable bonds is 18. The highest BCUT2D eigenvalue weighted by atomic mass is 33.1. The Morgan fingerprint density at radius 3 is 1.87 bits per heavy atom. The largest absolute Gasteiger partial charge is 0.482 e. The van der Waals surface area contributed by atoms with E-state index in [4.69, 9.17) is 9.84 Å². The van der Waals surface area contributed by atoms with Crippen molar-refractivity contribution in [1.29, 1.82) is 0 Å². The molecule has 0 amide bonds. The van der Waals surface area contributed by atoms with Gasteiger partial charge in [-0.25, -0.2) is 4.79 Å². The van der Waals surface area contributed by atoms with Crippen molar-refractivity contribution in [2.75, 3.05) is 6.61 Å². The van der Waals surface area contributed by atoms with E-state index in [-0.39, 0.29) is 6.61 Å². The molecular formula is C33H62O3S2. The van der Waals surface area contributed by atoms with Crippen LogP contribution in [0.5, 0.6) is 5.75 Å². The highest BCUT2D eigenvalue weighted by molar-refractivity contribution is 8.68. The maximum atomic E-state index is 10.6. The SMILES string of the molecule is CC.CCCCC[C@H](C)CCC[C@H](C)CCCC(C)C.CCc1c(C)c(OCC(=O)O)cc(C)c1CSS. The van der Waals surface area contributed by atoms with Gasteiger partial charge in [0.2, 0.25) is 0 Å². The number of thiol groups is 1.